The fourth-order valence-electron chi connectivity index (χ4n) is 5.14. The van der Waals surface area contributed by atoms with E-state index in [0.29, 0.717) is 0 Å². The topological polar surface area (TPSA) is 0 Å². The van der Waals surface area contributed by atoms with Crippen LogP contribution in [0.4, 0.5) is 4.39 Å². The van der Waals surface area contributed by atoms with Crippen LogP contribution in [0, 0.1) is 29.5 Å². The van der Waals surface area contributed by atoms with Crippen LogP contribution in [0.25, 0.3) is 6.08 Å². The van der Waals surface area contributed by atoms with Crippen molar-refractivity contribution in [3.05, 3.63) is 41.7 Å². The fourth-order valence-corrected chi connectivity index (χ4v) is 5.14. The van der Waals surface area contributed by atoms with Crippen LogP contribution < -0.4 is 0 Å². The second-order valence-corrected chi connectivity index (χ2v) is 8.50. The summed E-state index contributed by atoms with van der Waals surface area (Å²) >= 11 is 0. The van der Waals surface area contributed by atoms with Crippen LogP contribution >= 0.6 is 0 Å². The first-order chi connectivity index (χ1) is 12.2. The van der Waals surface area contributed by atoms with Gasteiger partial charge in [0.15, 0.2) is 0 Å². The Morgan fingerprint density at radius 2 is 1.40 bits per heavy atom. The van der Waals surface area contributed by atoms with E-state index < -0.39 is 0 Å². The highest BCUT2D eigenvalue weighted by Crippen LogP contribution is 2.42. The first kappa shape index (κ1) is 18.7. The maximum Gasteiger partial charge on any atom is 0.123 e. The maximum absolute atomic E-state index is 12.9. The van der Waals surface area contributed by atoms with Crippen LogP contribution in [0.1, 0.15) is 83.1 Å². The largest absolute Gasteiger partial charge is 0.207 e. The zero-order valence-corrected chi connectivity index (χ0v) is 15.9. The van der Waals surface area contributed by atoms with Gasteiger partial charge in [0, 0.05) is 0 Å². The van der Waals surface area contributed by atoms with Crippen LogP contribution in [0.15, 0.2) is 30.3 Å². The van der Waals surface area contributed by atoms with Crippen LogP contribution in [-0.4, -0.2) is 0 Å². The minimum Gasteiger partial charge on any atom is -0.207 e. The summed E-state index contributed by atoms with van der Waals surface area (Å²) in [6.45, 7) is 2.36. The van der Waals surface area contributed by atoms with Crippen molar-refractivity contribution in [1.82, 2.24) is 0 Å². The van der Waals surface area contributed by atoms with Gasteiger partial charge >= 0.3 is 0 Å². The van der Waals surface area contributed by atoms with E-state index in [-0.39, 0.29) is 5.82 Å². The quantitative estimate of drug-likeness (QED) is 0.498. The van der Waals surface area contributed by atoms with Crippen LogP contribution in [0.3, 0.4) is 0 Å². The predicted octanol–water partition coefficient (Wildman–Crippen LogP) is 7.64. The first-order valence-corrected chi connectivity index (χ1v) is 10.7. The smallest absolute Gasteiger partial charge is 0.123 e. The molecule has 0 N–H and O–H groups in total. The number of benzene rings is 1. The van der Waals surface area contributed by atoms with Gasteiger partial charge in [-0.1, -0.05) is 63.3 Å². The van der Waals surface area contributed by atoms with E-state index in [9.17, 15) is 4.39 Å². The molecule has 1 heteroatoms. The average molecular weight is 343 g/mol. The number of hydrogen-bond acceptors (Lipinski definition) is 0. The summed E-state index contributed by atoms with van der Waals surface area (Å²) < 4.78 is 12.9. The van der Waals surface area contributed by atoms with Crippen molar-refractivity contribution in [2.45, 2.75) is 77.6 Å². The normalized spacial score (nSPS) is 30.6. The summed E-state index contributed by atoms with van der Waals surface area (Å²) in [5, 5.41) is 0. The van der Waals surface area contributed by atoms with Gasteiger partial charge in [0.1, 0.15) is 5.82 Å². The van der Waals surface area contributed by atoms with Crippen molar-refractivity contribution in [2.24, 2.45) is 23.7 Å². The van der Waals surface area contributed by atoms with Crippen molar-refractivity contribution in [2.75, 3.05) is 0 Å². The molecular formula is C24H35F. The highest BCUT2D eigenvalue weighted by atomic mass is 19.1. The second kappa shape index (κ2) is 9.55. The minimum atomic E-state index is -0.155. The summed E-state index contributed by atoms with van der Waals surface area (Å²) in [4.78, 5) is 0. The molecule has 0 bridgehead atoms. The maximum atomic E-state index is 12.9. The molecule has 138 valence electrons. The van der Waals surface area contributed by atoms with E-state index in [0.717, 1.165) is 35.7 Å². The van der Waals surface area contributed by atoms with Crippen molar-refractivity contribution in [3.63, 3.8) is 0 Å². The summed E-state index contributed by atoms with van der Waals surface area (Å²) in [6.07, 6.45) is 20.1. The van der Waals surface area contributed by atoms with Crippen LogP contribution in [0.2, 0.25) is 0 Å². The highest BCUT2D eigenvalue weighted by molar-refractivity contribution is 5.48. The minimum absolute atomic E-state index is 0.155. The monoisotopic (exact) mass is 342 g/mol. The molecule has 2 fully saturated rings. The Hall–Kier alpha value is -1.11. The second-order valence-electron chi connectivity index (χ2n) is 8.50. The Labute approximate surface area is 153 Å². The third kappa shape index (κ3) is 5.69. The van der Waals surface area contributed by atoms with Gasteiger partial charge in [0.2, 0.25) is 0 Å². The molecule has 0 unspecified atom stereocenters. The van der Waals surface area contributed by atoms with Crippen LogP contribution in [-0.2, 0) is 0 Å². The first-order valence-electron chi connectivity index (χ1n) is 10.7. The van der Waals surface area contributed by atoms with Gasteiger partial charge < -0.3 is 0 Å². The van der Waals surface area contributed by atoms with Gasteiger partial charge in [0.05, 0.1) is 0 Å². The molecule has 0 saturated heterocycles. The van der Waals surface area contributed by atoms with Crippen LogP contribution in [0.5, 0.6) is 0 Å². The Bertz CT molecular complexity index is 514. The number of rotatable bonds is 6. The Morgan fingerprint density at radius 1 is 0.840 bits per heavy atom. The molecule has 0 spiro atoms. The SMILES string of the molecule is CCC1CCC(C2CCC(CC/C=C\c3ccc(F)cc3)CC2)CC1. The molecular weight excluding hydrogens is 307 g/mol. The van der Waals surface area contributed by atoms with Gasteiger partial charge in [-0.05, 0) is 79.9 Å². The van der Waals surface area contributed by atoms with E-state index in [4.69, 9.17) is 0 Å². The summed E-state index contributed by atoms with van der Waals surface area (Å²) in [5.74, 6) is 3.88. The number of hydrogen-bond donors (Lipinski definition) is 0. The standard InChI is InChI=1S/C24H35F/c1-2-19-7-13-22(14-8-19)23-15-9-20(10-16-23)5-3-4-6-21-11-17-24(25)18-12-21/h4,6,11-12,17-20,22-23H,2-3,5,7-10,13-16H2,1H3/b6-4-. The Kier molecular flexibility index (Phi) is 7.13. The molecule has 0 aliphatic heterocycles. The van der Waals surface area contributed by atoms with E-state index in [2.05, 4.69) is 19.1 Å². The van der Waals surface area contributed by atoms with Crippen molar-refractivity contribution >= 4 is 6.08 Å². The lowest BCUT2D eigenvalue weighted by Gasteiger charge is -2.37. The van der Waals surface area contributed by atoms with Gasteiger partial charge in [-0.25, -0.2) is 4.39 Å². The summed E-state index contributed by atoms with van der Waals surface area (Å²) in [7, 11) is 0. The van der Waals surface area contributed by atoms with Crippen molar-refractivity contribution in [3.8, 4) is 0 Å². The summed E-state index contributed by atoms with van der Waals surface area (Å²) in [6, 6.07) is 6.78. The molecule has 0 amide bonds. The predicted molar refractivity (Wildman–Crippen MR) is 106 cm³/mol. The van der Waals surface area contributed by atoms with E-state index in [1.165, 1.54) is 76.3 Å². The third-order valence-corrected chi connectivity index (χ3v) is 6.95. The molecule has 1 aromatic rings. The number of allylic oxidation sites excluding steroid dienone is 1. The molecule has 0 atom stereocenters. The molecule has 0 radical (unpaired) electrons. The molecule has 0 heterocycles. The summed E-state index contributed by atoms with van der Waals surface area (Å²) in [5.41, 5.74) is 1.10. The van der Waals surface area contributed by atoms with Gasteiger partial charge in [-0.2, -0.15) is 0 Å². The molecule has 2 saturated carbocycles. The highest BCUT2D eigenvalue weighted by Gasteiger charge is 2.30. The van der Waals surface area contributed by atoms with E-state index in [1.54, 1.807) is 0 Å². The number of halogens is 1. The Balaban J connectivity index is 1.33. The lowest BCUT2D eigenvalue weighted by Crippen LogP contribution is -2.25. The zero-order chi connectivity index (χ0) is 17.5. The van der Waals surface area contributed by atoms with Gasteiger partial charge in [0.25, 0.3) is 0 Å². The van der Waals surface area contributed by atoms with Gasteiger partial charge in [-0.3, -0.25) is 0 Å². The molecule has 2 aliphatic carbocycles. The fraction of sp³-hybridized carbons (Fsp3) is 0.667. The van der Waals surface area contributed by atoms with Gasteiger partial charge in [-0.15, -0.1) is 0 Å². The molecule has 0 nitrogen and oxygen atoms in total. The van der Waals surface area contributed by atoms with Crippen molar-refractivity contribution < 1.29 is 4.39 Å². The molecule has 1 aromatic carbocycles. The molecule has 0 aromatic heterocycles. The average Bonchev–Trinajstić information content (AvgIpc) is 2.67. The van der Waals surface area contributed by atoms with Crippen molar-refractivity contribution in [1.29, 1.82) is 0 Å². The van der Waals surface area contributed by atoms with E-state index in [1.807, 2.05) is 12.1 Å². The van der Waals surface area contributed by atoms with E-state index >= 15 is 0 Å². The molecule has 25 heavy (non-hydrogen) atoms. The third-order valence-electron chi connectivity index (χ3n) is 6.95. The molecule has 2 aliphatic rings. The zero-order valence-electron chi connectivity index (χ0n) is 15.9. The Morgan fingerprint density at radius 3 is 1.96 bits per heavy atom. The lowest BCUT2D eigenvalue weighted by molar-refractivity contribution is 0.143. The molecule has 3 rings (SSSR count). The lowest BCUT2D eigenvalue weighted by atomic mass is 9.68.